The van der Waals surface area contributed by atoms with Crippen LogP contribution in [0.25, 0.3) is 0 Å². The average Bonchev–Trinajstić information content (AvgIpc) is 2.50. The first-order valence-electron chi connectivity index (χ1n) is 7.59. The Balaban J connectivity index is 2.96. The number of amides is 1. The molecule has 1 amide bonds. The van der Waals surface area contributed by atoms with E-state index in [4.69, 9.17) is 4.74 Å². The number of benzene rings is 1. The maximum absolute atomic E-state index is 12.3. The molecular formula is C16H26N2O4S. The van der Waals surface area contributed by atoms with Crippen LogP contribution in [0.4, 0.5) is 0 Å². The van der Waals surface area contributed by atoms with Crippen LogP contribution in [0.2, 0.25) is 0 Å². The van der Waals surface area contributed by atoms with Crippen molar-refractivity contribution >= 4 is 15.9 Å². The normalized spacial score (nSPS) is 11.8. The Kier molecular flexibility index (Phi) is 7.02. The van der Waals surface area contributed by atoms with E-state index in [0.717, 1.165) is 17.1 Å². The molecule has 0 fully saturated rings. The van der Waals surface area contributed by atoms with Crippen LogP contribution in [-0.4, -0.2) is 46.4 Å². The molecule has 0 aromatic heterocycles. The number of hydrogen-bond acceptors (Lipinski definition) is 4. The quantitative estimate of drug-likeness (QED) is 0.734. The molecule has 0 spiro atoms. The monoisotopic (exact) mass is 342 g/mol. The Hall–Kier alpha value is -1.60. The van der Waals surface area contributed by atoms with Gasteiger partial charge in [-0.25, -0.2) is 12.7 Å². The topological polar surface area (TPSA) is 75.7 Å². The van der Waals surface area contributed by atoms with Crippen molar-refractivity contribution in [3.05, 3.63) is 23.8 Å². The third kappa shape index (κ3) is 5.21. The standard InChI is InChI=1S/C16H26N2O4S/c1-12(2)7-6-10-17-16(19)13-8-9-14(22-5)15(11-13)23(20,21)18(3)4/h8-9,11-12H,6-7,10H2,1-5H3,(H,17,19). The zero-order valence-corrected chi connectivity index (χ0v) is 15.2. The van der Waals surface area contributed by atoms with E-state index in [1.54, 1.807) is 6.07 Å². The van der Waals surface area contributed by atoms with Crippen molar-refractivity contribution < 1.29 is 17.9 Å². The second-order valence-electron chi connectivity index (χ2n) is 5.95. The van der Waals surface area contributed by atoms with Gasteiger partial charge >= 0.3 is 0 Å². The Morgan fingerprint density at radius 1 is 1.30 bits per heavy atom. The summed E-state index contributed by atoms with van der Waals surface area (Å²) in [6.07, 6.45) is 1.92. The number of nitrogens with zero attached hydrogens (tertiary/aromatic N) is 1. The molecule has 1 aromatic rings. The summed E-state index contributed by atoms with van der Waals surface area (Å²) in [4.78, 5) is 12.2. The van der Waals surface area contributed by atoms with Gasteiger partial charge in [-0.3, -0.25) is 4.79 Å². The van der Waals surface area contributed by atoms with Crippen LogP contribution in [0, 0.1) is 5.92 Å². The van der Waals surface area contributed by atoms with E-state index >= 15 is 0 Å². The van der Waals surface area contributed by atoms with E-state index in [-0.39, 0.29) is 16.6 Å². The van der Waals surface area contributed by atoms with Crippen LogP contribution in [-0.2, 0) is 10.0 Å². The minimum Gasteiger partial charge on any atom is -0.495 e. The van der Waals surface area contributed by atoms with Gasteiger partial charge in [0.25, 0.3) is 5.91 Å². The second-order valence-corrected chi connectivity index (χ2v) is 8.07. The highest BCUT2D eigenvalue weighted by atomic mass is 32.2. The molecule has 0 radical (unpaired) electrons. The molecule has 0 heterocycles. The molecule has 0 saturated heterocycles. The van der Waals surface area contributed by atoms with Crippen molar-refractivity contribution in [2.24, 2.45) is 5.92 Å². The molecule has 0 aliphatic carbocycles. The summed E-state index contributed by atoms with van der Waals surface area (Å²) in [5.41, 5.74) is 0.302. The molecule has 0 bridgehead atoms. The Morgan fingerprint density at radius 3 is 2.48 bits per heavy atom. The Bertz CT molecular complexity index is 639. The summed E-state index contributed by atoms with van der Waals surface area (Å²) in [5, 5.41) is 2.81. The van der Waals surface area contributed by atoms with E-state index in [9.17, 15) is 13.2 Å². The van der Waals surface area contributed by atoms with Crippen LogP contribution < -0.4 is 10.1 Å². The lowest BCUT2D eigenvalue weighted by Gasteiger charge is -2.15. The SMILES string of the molecule is COc1ccc(C(=O)NCCCC(C)C)cc1S(=O)(=O)N(C)C. The van der Waals surface area contributed by atoms with Gasteiger partial charge in [-0.05, 0) is 37.0 Å². The Morgan fingerprint density at radius 2 is 1.96 bits per heavy atom. The molecule has 1 rings (SSSR count). The number of methoxy groups -OCH3 is 1. The van der Waals surface area contributed by atoms with Gasteiger partial charge in [-0.15, -0.1) is 0 Å². The molecule has 7 heteroatoms. The number of ether oxygens (including phenoxy) is 1. The maximum atomic E-state index is 12.3. The second kappa shape index (κ2) is 8.31. The molecule has 0 atom stereocenters. The highest BCUT2D eigenvalue weighted by molar-refractivity contribution is 7.89. The number of hydrogen-bond donors (Lipinski definition) is 1. The lowest BCUT2D eigenvalue weighted by atomic mass is 10.1. The van der Waals surface area contributed by atoms with Crippen LogP contribution in [0.3, 0.4) is 0 Å². The van der Waals surface area contributed by atoms with Gasteiger partial charge in [-0.1, -0.05) is 13.8 Å². The molecule has 1 N–H and O–H groups in total. The van der Waals surface area contributed by atoms with Crippen molar-refractivity contribution in [1.82, 2.24) is 9.62 Å². The highest BCUT2D eigenvalue weighted by Gasteiger charge is 2.23. The van der Waals surface area contributed by atoms with Crippen LogP contribution in [0.15, 0.2) is 23.1 Å². The fraction of sp³-hybridized carbons (Fsp3) is 0.562. The fourth-order valence-corrected chi connectivity index (χ4v) is 3.11. The van der Waals surface area contributed by atoms with Crippen molar-refractivity contribution in [3.8, 4) is 5.75 Å². The molecule has 0 saturated carbocycles. The minimum atomic E-state index is -3.68. The van der Waals surface area contributed by atoms with Crippen LogP contribution >= 0.6 is 0 Å². The number of rotatable bonds is 8. The van der Waals surface area contributed by atoms with Gasteiger partial charge in [0.15, 0.2) is 0 Å². The van der Waals surface area contributed by atoms with Gasteiger partial charge in [0.05, 0.1) is 7.11 Å². The summed E-state index contributed by atoms with van der Waals surface area (Å²) in [5.74, 6) is 0.520. The van der Waals surface area contributed by atoms with Crippen molar-refractivity contribution in [1.29, 1.82) is 0 Å². The molecule has 130 valence electrons. The third-order valence-electron chi connectivity index (χ3n) is 3.43. The third-order valence-corrected chi connectivity index (χ3v) is 5.26. The van der Waals surface area contributed by atoms with Crippen molar-refractivity contribution in [2.75, 3.05) is 27.7 Å². The predicted molar refractivity (Wildman–Crippen MR) is 90.3 cm³/mol. The fourth-order valence-electron chi connectivity index (χ4n) is 2.03. The summed E-state index contributed by atoms with van der Waals surface area (Å²) in [7, 11) is 0.591. The number of carbonyl (C=O) groups excluding carboxylic acids is 1. The number of sulfonamides is 1. The summed E-state index contributed by atoms with van der Waals surface area (Å²) >= 11 is 0. The summed E-state index contributed by atoms with van der Waals surface area (Å²) in [6.45, 7) is 4.83. The Labute approximate surface area is 138 Å². The lowest BCUT2D eigenvalue weighted by molar-refractivity contribution is 0.0952. The van der Waals surface area contributed by atoms with Crippen LogP contribution in [0.5, 0.6) is 5.75 Å². The zero-order chi connectivity index (χ0) is 17.6. The van der Waals surface area contributed by atoms with E-state index in [0.29, 0.717) is 18.0 Å². The number of carbonyl (C=O) groups is 1. The maximum Gasteiger partial charge on any atom is 0.251 e. The van der Waals surface area contributed by atoms with Crippen LogP contribution in [0.1, 0.15) is 37.0 Å². The smallest absolute Gasteiger partial charge is 0.251 e. The van der Waals surface area contributed by atoms with Crippen molar-refractivity contribution in [3.63, 3.8) is 0 Å². The number of nitrogens with one attached hydrogen (secondary N) is 1. The summed E-state index contributed by atoms with van der Waals surface area (Å²) in [6, 6.07) is 4.41. The van der Waals surface area contributed by atoms with Gasteiger partial charge in [0.2, 0.25) is 10.0 Å². The van der Waals surface area contributed by atoms with E-state index < -0.39 is 10.0 Å². The molecule has 23 heavy (non-hydrogen) atoms. The first-order valence-corrected chi connectivity index (χ1v) is 9.03. The van der Waals surface area contributed by atoms with Gasteiger partial charge < -0.3 is 10.1 Å². The van der Waals surface area contributed by atoms with Gasteiger partial charge in [0, 0.05) is 26.2 Å². The summed E-state index contributed by atoms with van der Waals surface area (Å²) < 4.78 is 30.9. The lowest BCUT2D eigenvalue weighted by Crippen LogP contribution is -2.26. The molecule has 0 aliphatic rings. The molecule has 0 aliphatic heterocycles. The highest BCUT2D eigenvalue weighted by Crippen LogP contribution is 2.26. The zero-order valence-electron chi connectivity index (χ0n) is 14.4. The molecule has 6 nitrogen and oxygen atoms in total. The van der Waals surface area contributed by atoms with E-state index in [1.807, 2.05) is 0 Å². The molecule has 1 aromatic carbocycles. The molecular weight excluding hydrogens is 316 g/mol. The first kappa shape index (κ1) is 19.4. The van der Waals surface area contributed by atoms with Crippen molar-refractivity contribution in [2.45, 2.75) is 31.6 Å². The predicted octanol–water partition coefficient (Wildman–Crippen LogP) is 2.11. The first-order chi connectivity index (χ1) is 10.7. The van der Waals surface area contributed by atoms with Gasteiger partial charge in [0.1, 0.15) is 10.6 Å². The average molecular weight is 342 g/mol. The minimum absolute atomic E-state index is 0.0140. The molecule has 0 unspecified atom stereocenters. The van der Waals surface area contributed by atoms with E-state index in [2.05, 4.69) is 19.2 Å². The van der Waals surface area contributed by atoms with E-state index in [1.165, 1.54) is 33.3 Å². The largest absolute Gasteiger partial charge is 0.495 e. The van der Waals surface area contributed by atoms with Gasteiger partial charge in [-0.2, -0.15) is 0 Å².